The van der Waals surface area contributed by atoms with Crippen LogP contribution in [0.15, 0.2) is 0 Å². The second-order valence-electron chi connectivity index (χ2n) is 2.69. The monoisotopic (exact) mass is 200 g/mol. The lowest BCUT2D eigenvalue weighted by Gasteiger charge is -2.04. The van der Waals surface area contributed by atoms with Gasteiger partial charge in [-0.2, -0.15) is 4.98 Å². The van der Waals surface area contributed by atoms with Crippen LogP contribution >= 0.6 is 11.3 Å². The molecule has 1 aromatic heterocycles. The maximum atomic E-state index is 10.3. The molecule has 1 heterocycles. The van der Waals surface area contributed by atoms with E-state index in [2.05, 4.69) is 4.98 Å². The molecule has 4 nitrogen and oxygen atoms in total. The Morgan fingerprint density at radius 1 is 1.62 bits per heavy atom. The molecule has 0 aliphatic carbocycles. The summed E-state index contributed by atoms with van der Waals surface area (Å²) in [6.45, 7) is 0. The van der Waals surface area contributed by atoms with Crippen molar-refractivity contribution in [1.82, 2.24) is 4.98 Å². The molecule has 0 N–H and O–H groups in total. The fourth-order valence-corrected chi connectivity index (χ4v) is 1.78. The third kappa shape index (κ3) is 2.18. The Morgan fingerprint density at radius 2 is 2.31 bits per heavy atom. The highest BCUT2D eigenvalue weighted by Gasteiger charge is 2.11. The number of carbonyl (C=O) groups excluding carboxylic acids is 1. The minimum Gasteiger partial charge on any atom is -0.480 e. The van der Waals surface area contributed by atoms with E-state index < -0.39 is 0 Å². The van der Waals surface area contributed by atoms with Crippen molar-refractivity contribution in [2.75, 3.05) is 26.1 Å². The summed E-state index contributed by atoms with van der Waals surface area (Å²) in [7, 11) is 5.37. The minimum absolute atomic E-state index is 0.370. The molecule has 0 aliphatic heterocycles. The molecule has 0 bridgehead atoms. The van der Waals surface area contributed by atoms with Crippen molar-refractivity contribution >= 4 is 22.8 Å². The van der Waals surface area contributed by atoms with Crippen LogP contribution in [0.25, 0.3) is 0 Å². The molecule has 0 spiro atoms. The van der Waals surface area contributed by atoms with E-state index in [4.69, 9.17) is 4.74 Å². The van der Waals surface area contributed by atoms with Gasteiger partial charge >= 0.3 is 0 Å². The SMILES string of the molecule is COc1nc(N(C)C)sc1CC=O. The van der Waals surface area contributed by atoms with Gasteiger partial charge in [-0.1, -0.05) is 11.3 Å². The van der Waals surface area contributed by atoms with Crippen molar-refractivity contribution < 1.29 is 9.53 Å². The van der Waals surface area contributed by atoms with Gasteiger partial charge in [0, 0.05) is 20.5 Å². The van der Waals surface area contributed by atoms with Crippen LogP contribution in [0.5, 0.6) is 5.88 Å². The summed E-state index contributed by atoms with van der Waals surface area (Å²) in [6.07, 6.45) is 1.23. The van der Waals surface area contributed by atoms with Crippen molar-refractivity contribution in [3.05, 3.63) is 4.88 Å². The Balaban J connectivity index is 2.96. The van der Waals surface area contributed by atoms with Crippen molar-refractivity contribution in [3.8, 4) is 5.88 Å². The molecule has 1 aromatic rings. The zero-order valence-corrected chi connectivity index (χ0v) is 8.72. The van der Waals surface area contributed by atoms with Crippen LogP contribution in [-0.4, -0.2) is 32.5 Å². The average molecular weight is 200 g/mol. The number of ether oxygens (including phenoxy) is 1. The van der Waals surface area contributed by atoms with E-state index in [1.165, 1.54) is 11.3 Å². The van der Waals surface area contributed by atoms with Crippen molar-refractivity contribution in [2.45, 2.75) is 6.42 Å². The van der Waals surface area contributed by atoms with Crippen LogP contribution in [0.2, 0.25) is 0 Å². The Morgan fingerprint density at radius 3 is 2.77 bits per heavy atom. The lowest BCUT2D eigenvalue weighted by Crippen LogP contribution is -2.07. The van der Waals surface area contributed by atoms with E-state index in [1.807, 2.05) is 19.0 Å². The Labute approximate surface area is 81.2 Å². The van der Waals surface area contributed by atoms with Crippen LogP contribution in [0.4, 0.5) is 5.13 Å². The fraction of sp³-hybridized carbons (Fsp3) is 0.500. The summed E-state index contributed by atoms with van der Waals surface area (Å²) in [5, 5.41) is 0.855. The fourth-order valence-electron chi connectivity index (χ4n) is 0.881. The number of methoxy groups -OCH3 is 1. The standard InChI is InChI=1S/C8H12N2O2S/c1-10(2)8-9-7(12-3)6(13-8)4-5-11/h5H,4H2,1-3H3. The minimum atomic E-state index is 0.370. The molecular formula is C8H12N2O2S. The van der Waals surface area contributed by atoms with Crippen molar-refractivity contribution in [2.24, 2.45) is 0 Å². The van der Waals surface area contributed by atoms with Gasteiger partial charge in [0.2, 0.25) is 5.88 Å². The van der Waals surface area contributed by atoms with Crippen molar-refractivity contribution in [3.63, 3.8) is 0 Å². The smallest absolute Gasteiger partial charge is 0.229 e. The van der Waals surface area contributed by atoms with E-state index in [0.717, 1.165) is 16.3 Å². The van der Waals surface area contributed by atoms with E-state index in [9.17, 15) is 4.79 Å². The van der Waals surface area contributed by atoms with Gasteiger partial charge in [-0.15, -0.1) is 0 Å². The van der Waals surface area contributed by atoms with Crippen LogP contribution < -0.4 is 9.64 Å². The van der Waals surface area contributed by atoms with Gasteiger partial charge in [0.05, 0.1) is 12.0 Å². The predicted octanol–water partition coefficient (Wildman–Crippen LogP) is 0.959. The molecule has 0 aliphatic rings. The van der Waals surface area contributed by atoms with Gasteiger partial charge in [0.15, 0.2) is 5.13 Å². The molecule has 0 atom stereocenters. The number of anilines is 1. The highest BCUT2D eigenvalue weighted by atomic mass is 32.1. The van der Waals surface area contributed by atoms with Gasteiger partial charge in [-0.3, -0.25) is 0 Å². The lowest BCUT2D eigenvalue weighted by atomic mass is 10.4. The van der Waals surface area contributed by atoms with Gasteiger partial charge in [-0.05, 0) is 0 Å². The van der Waals surface area contributed by atoms with Crippen LogP contribution in [0, 0.1) is 0 Å². The number of hydrogen-bond acceptors (Lipinski definition) is 5. The predicted molar refractivity (Wildman–Crippen MR) is 52.8 cm³/mol. The third-order valence-corrected chi connectivity index (χ3v) is 2.72. The summed E-state index contributed by atoms with van der Waals surface area (Å²) < 4.78 is 5.04. The molecule has 0 amide bonds. The normalized spacial score (nSPS) is 9.77. The zero-order valence-electron chi connectivity index (χ0n) is 7.90. The summed E-state index contributed by atoms with van der Waals surface area (Å²) in [5.74, 6) is 0.556. The summed E-state index contributed by atoms with van der Waals surface area (Å²) in [6, 6.07) is 0. The first-order valence-corrected chi connectivity index (χ1v) is 4.65. The summed E-state index contributed by atoms with van der Waals surface area (Å²) in [4.78, 5) is 17.3. The molecule has 0 aromatic carbocycles. The van der Waals surface area contributed by atoms with Crippen LogP contribution in [0.3, 0.4) is 0 Å². The number of carbonyl (C=O) groups is 1. The molecule has 1 rings (SSSR count). The Hall–Kier alpha value is -1.10. The molecule has 0 unspecified atom stereocenters. The number of rotatable bonds is 4. The van der Waals surface area contributed by atoms with Gasteiger partial charge in [0.25, 0.3) is 0 Å². The lowest BCUT2D eigenvalue weighted by molar-refractivity contribution is -0.107. The molecule has 72 valence electrons. The Bertz CT molecular complexity index is 296. The first-order valence-electron chi connectivity index (χ1n) is 3.83. The number of aldehydes is 1. The second-order valence-corrected chi connectivity index (χ2v) is 3.76. The highest BCUT2D eigenvalue weighted by Crippen LogP contribution is 2.30. The summed E-state index contributed by atoms with van der Waals surface area (Å²) in [5.41, 5.74) is 0. The van der Waals surface area contributed by atoms with Crippen molar-refractivity contribution in [1.29, 1.82) is 0 Å². The number of aromatic nitrogens is 1. The molecule has 0 radical (unpaired) electrons. The maximum Gasteiger partial charge on any atom is 0.229 e. The Kier molecular flexibility index (Phi) is 3.25. The first kappa shape index (κ1) is 9.98. The first-order chi connectivity index (χ1) is 6.19. The number of nitrogens with zero attached hydrogens (tertiary/aromatic N) is 2. The van der Waals surface area contributed by atoms with E-state index in [-0.39, 0.29) is 0 Å². The van der Waals surface area contributed by atoms with Gasteiger partial charge in [0.1, 0.15) is 6.29 Å². The van der Waals surface area contributed by atoms with E-state index in [1.54, 1.807) is 7.11 Å². The largest absolute Gasteiger partial charge is 0.480 e. The third-order valence-electron chi connectivity index (χ3n) is 1.49. The number of hydrogen-bond donors (Lipinski definition) is 0. The van der Waals surface area contributed by atoms with Gasteiger partial charge < -0.3 is 14.4 Å². The van der Waals surface area contributed by atoms with Gasteiger partial charge in [-0.25, -0.2) is 0 Å². The molecule has 0 saturated heterocycles. The quantitative estimate of drug-likeness (QED) is 0.679. The second kappa shape index (κ2) is 4.23. The van der Waals surface area contributed by atoms with Crippen LogP contribution in [-0.2, 0) is 11.2 Å². The maximum absolute atomic E-state index is 10.3. The zero-order chi connectivity index (χ0) is 9.84. The molecule has 0 fully saturated rings. The van der Waals surface area contributed by atoms with E-state index in [0.29, 0.717) is 12.3 Å². The average Bonchev–Trinajstić information content (AvgIpc) is 2.48. The van der Waals surface area contributed by atoms with Crippen LogP contribution in [0.1, 0.15) is 4.88 Å². The highest BCUT2D eigenvalue weighted by molar-refractivity contribution is 7.16. The number of thiazole rings is 1. The van der Waals surface area contributed by atoms with E-state index >= 15 is 0 Å². The molecule has 0 saturated carbocycles. The molecule has 13 heavy (non-hydrogen) atoms. The topological polar surface area (TPSA) is 42.4 Å². The summed E-state index contributed by atoms with van der Waals surface area (Å²) >= 11 is 1.48. The molecular weight excluding hydrogens is 188 g/mol. The molecule has 5 heteroatoms.